The molecule has 7 rings (SSSR count). The van der Waals surface area contributed by atoms with Gasteiger partial charge in [-0.05, 0) is 60.1 Å². The third-order valence-corrected chi connectivity index (χ3v) is 9.20. The highest BCUT2D eigenvalue weighted by Gasteiger charge is 2.46. The van der Waals surface area contributed by atoms with E-state index < -0.39 is 40.9 Å². The maximum atomic E-state index is 15.4. The molecule has 4 heterocycles. The van der Waals surface area contributed by atoms with Crippen LogP contribution in [0.15, 0.2) is 46.2 Å². The number of morpholine rings is 1. The molecule has 2 atom stereocenters. The number of ether oxygens (including phenoxy) is 1. The molecule has 1 amide bonds. The van der Waals surface area contributed by atoms with Crippen LogP contribution in [0.2, 0.25) is 0 Å². The van der Waals surface area contributed by atoms with E-state index in [1.807, 2.05) is 5.01 Å². The molecule has 1 aromatic heterocycles. The molecule has 1 saturated heterocycles. The highest BCUT2D eigenvalue weighted by Crippen LogP contribution is 2.46. The van der Waals surface area contributed by atoms with Crippen LogP contribution < -0.4 is 10.4 Å². The summed E-state index contributed by atoms with van der Waals surface area (Å²) in [7, 11) is 0. The number of hydrogen-bond donors (Lipinski definition) is 1. The molecular weight excluding hydrogens is 512 g/mol. The van der Waals surface area contributed by atoms with Gasteiger partial charge in [0.05, 0.1) is 19.3 Å². The molecule has 4 aliphatic rings. The first-order valence-corrected chi connectivity index (χ1v) is 13.8. The van der Waals surface area contributed by atoms with E-state index in [0.717, 1.165) is 42.2 Å². The lowest BCUT2D eigenvalue weighted by atomic mass is 9.86. The summed E-state index contributed by atoms with van der Waals surface area (Å²) in [4.78, 5) is 28.5. The number of halogens is 2. The first-order chi connectivity index (χ1) is 18.4. The van der Waals surface area contributed by atoms with Crippen LogP contribution in [-0.2, 0) is 23.3 Å². The molecule has 1 aliphatic carbocycles. The number of carbonyl (C=O) groups excluding carboxylic acids is 1. The number of aromatic hydroxyl groups is 1. The Hall–Kier alpha value is -3.37. The van der Waals surface area contributed by atoms with Crippen molar-refractivity contribution in [1.29, 1.82) is 0 Å². The van der Waals surface area contributed by atoms with E-state index >= 15 is 4.39 Å². The Morgan fingerprint density at radius 2 is 1.82 bits per heavy atom. The number of thioether (sulfide) groups is 1. The summed E-state index contributed by atoms with van der Waals surface area (Å²) in [5, 5.41) is 12.6. The molecule has 1 fully saturated rings. The van der Waals surface area contributed by atoms with Gasteiger partial charge >= 0.3 is 0 Å². The molecule has 38 heavy (non-hydrogen) atoms. The number of amides is 1. The molecule has 0 saturated carbocycles. The Morgan fingerprint density at radius 1 is 1.03 bits per heavy atom. The third kappa shape index (κ3) is 3.42. The van der Waals surface area contributed by atoms with Crippen molar-refractivity contribution in [3.8, 4) is 5.75 Å². The summed E-state index contributed by atoms with van der Waals surface area (Å²) >= 11 is 1.48. The fourth-order valence-corrected chi connectivity index (χ4v) is 7.42. The topological polar surface area (TPSA) is 75.0 Å². The molecule has 0 spiro atoms. The summed E-state index contributed by atoms with van der Waals surface area (Å²) in [6.07, 6.45) is 4.98. The van der Waals surface area contributed by atoms with Gasteiger partial charge in [-0.3, -0.25) is 19.3 Å². The van der Waals surface area contributed by atoms with Gasteiger partial charge in [0.1, 0.15) is 6.17 Å². The van der Waals surface area contributed by atoms with Crippen LogP contribution in [0.5, 0.6) is 5.75 Å². The van der Waals surface area contributed by atoms with Crippen LogP contribution in [0.25, 0.3) is 0 Å². The van der Waals surface area contributed by atoms with Crippen LogP contribution in [0.1, 0.15) is 57.2 Å². The molecule has 2 aromatic carbocycles. The van der Waals surface area contributed by atoms with E-state index in [0.29, 0.717) is 12.2 Å². The van der Waals surface area contributed by atoms with Gasteiger partial charge in [0.2, 0.25) is 5.43 Å². The van der Waals surface area contributed by atoms with Crippen LogP contribution in [0.3, 0.4) is 0 Å². The van der Waals surface area contributed by atoms with E-state index in [2.05, 4.69) is 12.1 Å². The van der Waals surface area contributed by atoms with Crippen molar-refractivity contribution in [2.24, 2.45) is 0 Å². The Balaban J connectivity index is 1.54. The number of benzene rings is 2. The molecule has 0 unspecified atom stereocenters. The molecule has 3 aromatic rings. The molecule has 3 aliphatic heterocycles. The first kappa shape index (κ1) is 23.7. The predicted octanol–water partition coefficient (Wildman–Crippen LogP) is 3.86. The quantitative estimate of drug-likeness (QED) is 0.508. The van der Waals surface area contributed by atoms with Gasteiger partial charge in [0.15, 0.2) is 23.1 Å². The van der Waals surface area contributed by atoms with Gasteiger partial charge in [-0.1, -0.05) is 12.1 Å². The molecule has 196 valence electrons. The number of hydrogen-bond acceptors (Lipinski definition) is 6. The number of rotatable bonds is 1. The highest BCUT2D eigenvalue weighted by atomic mass is 32.2. The molecular formula is C28H25F2N3O4S. The van der Waals surface area contributed by atoms with Crippen LogP contribution >= 0.6 is 11.8 Å². The number of aryl methyl sites for hydroxylation is 2. The normalized spacial score (nSPS) is 22.1. The fraction of sp³-hybridized carbons (Fsp3) is 0.357. The van der Waals surface area contributed by atoms with E-state index in [1.165, 1.54) is 39.8 Å². The van der Waals surface area contributed by atoms with E-state index in [4.69, 9.17) is 4.74 Å². The lowest BCUT2D eigenvalue weighted by molar-refractivity contribution is -0.0197. The summed E-state index contributed by atoms with van der Waals surface area (Å²) < 4.78 is 37.2. The van der Waals surface area contributed by atoms with Crippen molar-refractivity contribution in [3.05, 3.63) is 91.9 Å². The minimum Gasteiger partial charge on any atom is -0.502 e. The van der Waals surface area contributed by atoms with Crippen LogP contribution in [-0.4, -0.2) is 46.5 Å². The van der Waals surface area contributed by atoms with E-state index in [-0.39, 0.29) is 30.2 Å². The minimum absolute atomic E-state index is 0.142. The second kappa shape index (κ2) is 8.84. The minimum atomic E-state index is -0.911. The molecule has 0 bridgehead atoms. The number of aromatic nitrogens is 1. The number of nitrogens with zero attached hydrogens (tertiary/aromatic N) is 3. The zero-order valence-corrected chi connectivity index (χ0v) is 21.3. The zero-order chi connectivity index (χ0) is 26.1. The smallest absolute Gasteiger partial charge is 0.278 e. The summed E-state index contributed by atoms with van der Waals surface area (Å²) in [5.74, 6) is -2.64. The second-order valence-corrected chi connectivity index (χ2v) is 11.2. The second-order valence-electron chi connectivity index (χ2n) is 10.1. The SMILES string of the molecule is O=C1c2c(O)c(=O)ccn2N([C@@H]2c3cc4c(cc3SCc3c2ccc(F)c3F)CCCC4)[C@@H]2COCCN12. The molecule has 10 heteroatoms. The van der Waals surface area contributed by atoms with Crippen molar-refractivity contribution >= 4 is 17.7 Å². The van der Waals surface area contributed by atoms with Crippen molar-refractivity contribution in [3.63, 3.8) is 0 Å². The average Bonchev–Trinajstić information content (AvgIpc) is 3.08. The van der Waals surface area contributed by atoms with Gasteiger partial charge < -0.3 is 14.7 Å². The fourth-order valence-electron chi connectivity index (χ4n) is 6.27. The monoisotopic (exact) mass is 537 g/mol. The standard InChI is InChI=1S/C28H25F2N3O4S/c29-20-6-5-17-19(24(20)30)14-38-22-12-16-4-2-1-3-15(16)11-18(22)25(17)33-23-13-37-10-9-31(23)28(36)26-27(35)21(34)7-8-32(26)33/h5-8,11-12,23,25,35H,1-4,9-10,13-14H2/t23-,25+/m1/s1. The molecule has 1 N–H and O–H groups in total. The maximum absolute atomic E-state index is 15.4. The summed E-state index contributed by atoms with van der Waals surface area (Å²) in [5.41, 5.74) is 3.48. The van der Waals surface area contributed by atoms with E-state index in [1.54, 1.807) is 11.0 Å². The van der Waals surface area contributed by atoms with Crippen molar-refractivity contribution < 1.29 is 23.4 Å². The van der Waals surface area contributed by atoms with Crippen LogP contribution in [0, 0.1) is 11.6 Å². The summed E-state index contributed by atoms with van der Waals surface area (Å²) in [6.45, 7) is 0.765. The zero-order valence-electron chi connectivity index (χ0n) is 20.5. The van der Waals surface area contributed by atoms with Gasteiger partial charge in [-0.25, -0.2) is 8.78 Å². The number of fused-ring (bicyclic) bond motifs is 5. The Kier molecular flexibility index (Phi) is 5.52. The Bertz CT molecular complexity index is 1560. The van der Waals surface area contributed by atoms with Gasteiger partial charge in [0.25, 0.3) is 5.91 Å². The molecule has 7 nitrogen and oxygen atoms in total. The van der Waals surface area contributed by atoms with E-state index in [9.17, 15) is 19.1 Å². The predicted molar refractivity (Wildman–Crippen MR) is 137 cm³/mol. The average molecular weight is 538 g/mol. The van der Waals surface area contributed by atoms with Gasteiger partial charge in [-0.15, -0.1) is 11.8 Å². The number of carbonyl (C=O) groups is 1. The highest BCUT2D eigenvalue weighted by molar-refractivity contribution is 7.98. The van der Waals surface area contributed by atoms with Gasteiger partial charge in [-0.2, -0.15) is 0 Å². The maximum Gasteiger partial charge on any atom is 0.278 e. The lowest BCUT2D eigenvalue weighted by Crippen LogP contribution is -2.66. The lowest BCUT2D eigenvalue weighted by Gasteiger charge is -2.51. The van der Waals surface area contributed by atoms with Crippen molar-refractivity contribution in [2.45, 2.75) is 48.5 Å². The Morgan fingerprint density at radius 3 is 2.63 bits per heavy atom. The van der Waals surface area contributed by atoms with Gasteiger partial charge in [0, 0.05) is 35.0 Å². The first-order valence-electron chi connectivity index (χ1n) is 12.8. The van der Waals surface area contributed by atoms with Crippen molar-refractivity contribution in [1.82, 2.24) is 9.58 Å². The third-order valence-electron chi connectivity index (χ3n) is 8.11. The largest absolute Gasteiger partial charge is 0.502 e. The molecule has 0 radical (unpaired) electrons. The Labute approximate surface area is 221 Å². The van der Waals surface area contributed by atoms with Crippen LogP contribution in [0.4, 0.5) is 8.78 Å². The van der Waals surface area contributed by atoms with Crippen molar-refractivity contribution in [2.75, 3.05) is 24.8 Å². The summed E-state index contributed by atoms with van der Waals surface area (Å²) in [6, 6.07) is 7.67. The number of pyridine rings is 1.